The summed E-state index contributed by atoms with van der Waals surface area (Å²) in [6.45, 7) is 1.93. The van der Waals surface area contributed by atoms with Crippen LogP contribution in [0.5, 0.6) is 11.5 Å². The van der Waals surface area contributed by atoms with Gasteiger partial charge in [0.15, 0.2) is 11.5 Å². The zero-order chi connectivity index (χ0) is 12.0. The number of carbonyl (C=O) groups excluding carboxylic acids is 1. The maximum atomic E-state index is 11.1. The quantitative estimate of drug-likeness (QED) is 0.852. The van der Waals surface area contributed by atoms with Crippen LogP contribution in [0.3, 0.4) is 0 Å². The summed E-state index contributed by atoms with van der Waals surface area (Å²) in [6, 6.07) is 5.35. The van der Waals surface area contributed by atoms with Gasteiger partial charge in [-0.2, -0.15) is 0 Å². The molecule has 0 aliphatic rings. The van der Waals surface area contributed by atoms with Gasteiger partial charge in [-0.25, -0.2) is 4.79 Å². The Labute approximate surface area is 94.9 Å². The summed E-state index contributed by atoms with van der Waals surface area (Å²) < 4.78 is 10.2. The van der Waals surface area contributed by atoms with Crippen LogP contribution in [0.25, 0.3) is 6.08 Å². The van der Waals surface area contributed by atoms with Crippen LogP contribution in [-0.2, 0) is 0 Å². The Kier molecular flexibility index (Phi) is 4.39. The normalized spacial score (nSPS) is 10.2. The minimum absolute atomic E-state index is 0.398. The molecule has 0 aliphatic carbocycles. The largest absolute Gasteiger partial charge is 0.493 e. The molecule has 0 bridgehead atoms. The van der Waals surface area contributed by atoms with Gasteiger partial charge in [0, 0.05) is 7.05 Å². The predicted octanol–water partition coefficient (Wildman–Crippen LogP) is 2.45. The summed E-state index contributed by atoms with van der Waals surface area (Å²) in [7, 11) is 3.04. The van der Waals surface area contributed by atoms with E-state index in [1.165, 1.54) is 14.2 Å². The molecule has 86 valence electrons. The van der Waals surface area contributed by atoms with Crippen molar-refractivity contribution in [1.29, 1.82) is 0 Å². The van der Waals surface area contributed by atoms with E-state index >= 15 is 0 Å². The van der Waals surface area contributed by atoms with Crippen molar-refractivity contribution in [3.05, 3.63) is 29.8 Å². The van der Waals surface area contributed by atoms with E-state index in [9.17, 15) is 4.79 Å². The Hall–Kier alpha value is -1.97. The molecular formula is C12H15NO3. The van der Waals surface area contributed by atoms with Crippen molar-refractivity contribution in [2.75, 3.05) is 14.2 Å². The smallest absolute Gasteiger partial charge is 0.412 e. The molecule has 1 aromatic carbocycles. The standard InChI is InChI=1S/C12H15NO3/c1-4-5-9-6-7-10(11(8-9)15-3)16-12(14)13-2/h4-8H,1-3H3,(H,13,14)/b5-4-. The van der Waals surface area contributed by atoms with Gasteiger partial charge in [0.05, 0.1) is 7.11 Å². The fourth-order valence-electron chi connectivity index (χ4n) is 1.22. The van der Waals surface area contributed by atoms with Crippen LogP contribution < -0.4 is 14.8 Å². The van der Waals surface area contributed by atoms with Crippen LogP contribution in [0.2, 0.25) is 0 Å². The summed E-state index contributed by atoms with van der Waals surface area (Å²) >= 11 is 0. The van der Waals surface area contributed by atoms with Crippen molar-refractivity contribution in [2.45, 2.75) is 6.92 Å². The second kappa shape index (κ2) is 5.80. The molecule has 0 saturated carbocycles. The highest BCUT2D eigenvalue weighted by Gasteiger charge is 2.08. The number of hydrogen-bond donors (Lipinski definition) is 1. The maximum absolute atomic E-state index is 11.1. The van der Waals surface area contributed by atoms with Crippen molar-refractivity contribution in [1.82, 2.24) is 5.32 Å². The molecule has 0 radical (unpaired) electrons. The molecule has 0 aromatic heterocycles. The summed E-state index contributed by atoms with van der Waals surface area (Å²) in [4.78, 5) is 11.1. The number of methoxy groups -OCH3 is 1. The zero-order valence-electron chi connectivity index (χ0n) is 9.61. The molecule has 1 rings (SSSR count). The first-order chi connectivity index (χ1) is 7.71. The van der Waals surface area contributed by atoms with E-state index in [-0.39, 0.29) is 0 Å². The average molecular weight is 221 g/mol. The number of nitrogens with one attached hydrogen (secondary N) is 1. The summed E-state index contributed by atoms with van der Waals surface area (Å²) in [6.07, 6.45) is 3.34. The van der Waals surface area contributed by atoms with Gasteiger partial charge in [-0.05, 0) is 24.6 Å². The average Bonchev–Trinajstić information content (AvgIpc) is 2.31. The Bertz CT molecular complexity index is 399. The first-order valence-corrected chi connectivity index (χ1v) is 4.91. The van der Waals surface area contributed by atoms with Crippen LogP contribution in [0.4, 0.5) is 4.79 Å². The van der Waals surface area contributed by atoms with Gasteiger partial charge in [-0.3, -0.25) is 0 Å². The lowest BCUT2D eigenvalue weighted by molar-refractivity contribution is 0.201. The molecular weight excluding hydrogens is 206 g/mol. The Morgan fingerprint density at radius 2 is 2.12 bits per heavy atom. The van der Waals surface area contributed by atoms with Gasteiger partial charge in [0.2, 0.25) is 0 Å². The van der Waals surface area contributed by atoms with Crippen molar-refractivity contribution < 1.29 is 14.3 Å². The molecule has 4 nitrogen and oxygen atoms in total. The number of carbonyl (C=O) groups is 1. The molecule has 1 amide bonds. The van der Waals surface area contributed by atoms with E-state index < -0.39 is 6.09 Å². The lowest BCUT2D eigenvalue weighted by Gasteiger charge is -2.09. The molecule has 0 fully saturated rings. The van der Waals surface area contributed by atoms with Gasteiger partial charge >= 0.3 is 6.09 Å². The van der Waals surface area contributed by atoms with Crippen LogP contribution in [-0.4, -0.2) is 20.3 Å². The number of allylic oxidation sites excluding steroid dienone is 1. The SMILES string of the molecule is C/C=C\c1ccc(OC(=O)NC)c(OC)c1. The third-order valence-electron chi connectivity index (χ3n) is 1.95. The molecule has 1 aromatic rings. The molecule has 0 spiro atoms. The monoisotopic (exact) mass is 221 g/mol. The Morgan fingerprint density at radius 1 is 1.38 bits per heavy atom. The second-order valence-corrected chi connectivity index (χ2v) is 3.05. The number of amides is 1. The van der Waals surface area contributed by atoms with Gasteiger partial charge in [0.25, 0.3) is 0 Å². The number of ether oxygens (including phenoxy) is 2. The molecule has 1 N–H and O–H groups in total. The van der Waals surface area contributed by atoms with E-state index in [2.05, 4.69) is 5.32 Å². The van der Waals surface area contributed by atoms with E-state index in [0.717, 1.165) is 5.56 Å². The predicted molar refractivity (Wildman–Crippen MR) is 62.8 cm³/mol. The maximum Gasteiger partial charge on any atom is 0.412 e. The highest BCUT2D eigenvalue weighted by Crippen LogP contribution is 2.28. The van der Waals surface area contributed by atoms with E-state index in [4.69, 9.17) is 9.47 Å². The minimum Gasteiger partial charge on any atom is -0.493 e. The second-order valence-electron chi connectivity index (χ2n) is 3.05. The first kappa shape index (κ1) is 12.1. The van der Waals surface area contributed by atoms with Crippen molar-refractivity contribution in [3.63, 3.8) is 0 Å². The third-order valence-corrected chi connectivity index (χ3v) is 1.95. The lowest BCUT2D eigenvalue weighted by atomic mass is 10.2. The topological polar surface area (TPSA) is 47.6 Å². The molecule has 4 heteroatoms. The van der Waals surface area contributed by atoms with Crippen molar-refractivity contribution in [2.24, 2.45) is 0 Å². The van der Waals surface area contributed by atoms with Gasteiger partial charge in [0.1, 0.15) is 0 Å². The summed E-state index contributed by atoms with van der Waals surface area (Å²) in [5.41, 5.74) is 0.989. The lowest BCUT2D eigenvalue weighted by Crippen LogP contribution is -2.22. The molecule has 0 atom stereocenters. The summed E-state index contributed by atoms with van der Waals surface area (Å²) in [5.74, 6) is 0.925. The van der Waals surface area contributed by atoms with E-state index in [0.29, 0.717) is 11.5 Å². The third kappa shape index (κ3) is 3.02. The molecule has 0 saturated heterocycles. The van der Waals surface area contributed by atoms with Gasteiger partial charge in [-0.1, -0.05) is 18.2 Å². The summed E-state index contributed by atoms with van der Waals surface area (Å²) in [5, 5.41) is 2.37. The minimum atomic E-state index is -0.517. The van der Waals surface area contributed by atoms with Crippen molar-refractivity contribution in [3.8, 4) is 11.5 Å². The fraction of sp³-hybridized carbons (Fsp3) is 0.250. The first-order valence-electron chi connectivity index (χ1n) is 4.91. The number of hydrogen-bond acceptors (Lipinski definition) is 3. The highest BCUT2D eigenvalue weighted by atomic mass is 16.6. The molecule has 0 aliphatic heterocycles. The molecule has 16 heavy (non-hydrogen) atoms. The zero-order valence-corrected chi connectivity index (χ0v) is 9.61. The van der Waals surface area contributed by atoms with Gasteiger partial charge in [-0.15, -0.1) is 0 Å². The molecule has 0 heterocycles. The van der Waals surface area contributed by atoms with Gasteiger partial charge < -0.3 is 14.8 Å². The van der Waals surface area contributed by atoms with E-state index in [1.54, 1.807) is 12.1 Å². The Morgan fingerprint density at radius 3 is 2.69 bits per heavy atom. The van der Waals surface area contributed by atoms with Crippen LogP contribution in [0, 0.1) is 0 Å². The van der Waals surface area contributed by atoms with Crippen LogP contribution >= 0.6 is 0 Å². The highest BCUT2D eigenvalue weighted by molar-refractivity contribution is 5.71. The van der Waals surface area contributed by atoms with Crippen LogP contribution in [0.15, 0.2) is 24.3 Å². The Balaban J connectivity index is 2.97. The fourth-order valence-corrected chi connectivity index (χ4v) is 1.22. The van der Waals surface area contributed by atoms with Crippen molar-refractivity contribution >= 4 is 12.2 Å². The number of rotatable bonds is 3. The number of benzene rings is 1. The van der Waals surface area contributed by atoms with E-state index in [1.807, 2.05) is 25.1 Å². The molecule has 0 unspecified atom stereocenters. The van der Waals surface area contributed by atoms with Crippen LogP contribution in [0.1, 0.15) is 12.5 Å².